The van der Waals surface area contributed by atoms with E-state index < -0.39 is 0 Å². The van der Waals surface area contributed by atoms with Crippen LogP contribution in [0.15, 0.2) is 97.6 Å². The molecule has 1 heteroatoms. The van der Waals surface area contributed by atoms with Gasteiger partial charge in [0.15, 0.2) is 0 Å². The van der Waals surface area contributed by atoms with Gasteiger partial charge in [0.1, 0.15) is 0 Å². The number of rotatable bonds is 7. The van der Waals surface area contributed by atoms with Crippen LogP contribution in [-0.2, 0) is 6.42 Å². The van der Waals surface area contributed by atoms with E-state index in [1.54, 1.807) is 0 Å². The zero-order valence-corrected chi connectivity index (χ0v) is 15.8. The van der Waals surface area contributed by atoms with Crippen LogP contribution in [0.25, 0.3) is 11.1 Å². The Kier molecular flexibility index (Phi) is 4.68. The number of hydrogen-bond donors (Lipinski definition) is 1. The molecule has 1 aliphatic rings. The first-order chi connectivity index (χ1) is 13.2. The van der Waals surface area contributed by atoms with Crippen molar-refractivity contribution in [3.8, 4) is 11.1 Å². The van der Waals surface area contributed by atoms with Crippen LogP contribution >= 0.6 is 0 Å². The maximum atomic E-state index is 3.85. The lowest BCUT2D eigenvalue weighted by molar-refractivity contribution is 0.816. The summed E-state index contributed by atoms with van der Waals surface area (Å²) in [5, 5.41) is 3.58. The second-order valence-corrected chi connectivity index (χ2v) is 7.34. The Morgan fingerprint density at radius 1 is 0.852 bits per heavy atom. The molecule has 0 radical (unpaired) electrons. The number of hydrogen-bond acceptors (Lipinski definition) is 1. The molecule has 0 saturated heterocycles. The van der Waals surface area contributed by atoms with Crippen LogP contribution < -0.4 is 5.32 Å². The molecule has 0 bridgehead atoms. The second kappa shape index (κ2) is 7.28. The van der Waals surface area contributed by atoms with E-state index in [1.807, 2.05) is 6.08 Å². The fraction of sp³-hybridized carbons (Fsp3) is 0.154. The average molecular weight is 351 g/mol. The third kappa shape index (κ3) is 3.88. The SMILES string of the molecule is C=CCC1(Nc2ccc(Cc3ccccc3-c3ccccc3C)cc2)C=C1. The van der Waals surface area contributed by atoms with Gasteiger partial charge in [0.05, 0.1) is 5.54 Å². The van der Waals surface area contributed by atoms with Crippen molar-refractivity contribution >= 4 is 5.69 Å². The highest BCUT2D eigenvalue weighted by atomic mass is 15.0. The average Bonchev–Trinajstić information content (AvgIpc) is 3.44. The van der Waals surface area contributed by atoms with Crippen molar-refractivity contribution in [1.29, 1.82) is 0 Å². The van der Waals surface area contributed by atoms with E-state index in [9.17, 15) is 0 Å². The zero-order valence-electron chi connectivity index (χ0n) is 15.8. The normalized spacial score (nSPS) is 14.0. The molecule has 0 spiro atoms. The molecule has 0 saturated carbocycles. The molecule has 0 atom stereocenters. The molecule has 1 aliphatic carbocycles. The molecule has 0 heterocycles. The molecule has 0 amide bonds. The van der Waals surface area contributed by atoms with Gasteiger partial charge in [0, 0.05) is 5.69 Å². The van der Waals surface area contributed by atoms with Gasteiger partial charge in [-0.3, -0.25) is 0 Å². The quantitative estimate of drug-likeness (QED) is 0.476. The molecular weight excluding hydrogens is 326 g/mol. The minimum atomic E-state index is 0.0146. The first-order valence-corrected chi connectivity index (χ1v) is 9.51. The smallest absolute Gasteiger partial charge is 0.0776 e. The van der Waals surface area contributed by atoms with Crippen LogP contribution in [0.5, 0.6) is 0 Å². The van der Waals surface area contributed by atoms with Gasteiger partial charge in [0.2, 0.25) is 0 Å². The van der Waals surface area contributed by atoms with E-state index in [0.29, 0.717) is 0 Å². The van der Waals surface area contributed by atoms with Crippen LogP contribution in [0.3, 0.4) is 0 Å². The fourth-order valence-corrected chi connectivity index (χ4v) is 3.62. The van der Waals surface area contributed by atoms with Crippen molar-refractivity contribution in [3.63, 3.8) is 0 Å². The van der Waals surface area contributed by atoms with Crippen LogP contribution in [0.1, 0.15) is 23.1 Å². The van der Waals surface area contributed by atoms with Gasteiger partial charge in [0.25, 0.3) is 0 Å². The molecule has 1 nitrogen and oxygen atoms in total. The predicted molar refractivity (Wildman–Crippen MR) is 116 cm³/mol. The summed E-state index contributed by atoms with van der Waals surface area (Å²) in [4.78, 5) is 0. The third-order valence-corrected chi connectivity index (χ3v) is 5.23. The number of anilines is 1. The molecule has 4 rings (SSSR count). The predicted octanol–water partition coefficient (Wildman–Crippen LogP) is 6.55. The monoisotopic (exact) mass is 351 g/mol. The molecule has 0 aromatic heterocycles. The van der Waals surface area contributed by atoms with Crippen molar-refractivity contribution in [2.75, 3.05) is 5.32 Å². The molecule has 3 aromatic rings. The van der Waals surface area contributed by atoms with Gasteiger partial charge in [-0.15, -0.1) is 6.58 Å². The number of aryl methyl sites for hydroxylation is 1. The molecule has 27 heavy (non-hydrogen) atoms. The molecule has 134 valence electrons. The van der Waals surface area contributed by atoms with Gasteiger partial charge >= 0.3 is 0 Å². The van der Waals surface area contributed by atoms with Gasteiger partial charge in [-0.2, -0.15) is 0 Å². The van der Waals surface area contributed by atoms with Gasteiger partial charge in [-0.25, -0.2) is 0 Å². The first-order valence-electron chi connectivity index (χ1n) is 9.51. The molecule has 0 unspecified atom stereocenters. The Labute approximate surface area is 162 Å². The second-order valence-electron chi connectivity index (χ2n) is 7.34. The summed E-state index contributed by atoms with van der Waals surface area (Å²) in [6.07, 6.45) is 8.21. The summed E-state index contributed by atoms with van der Waals surface area (Å²) < 4.78 is 0. The van der Waals surface area contributed by atoms with Crippen LogP contribution in [0.2, 0.25) is 0 Å². The zero-order chi connectivity index (χ0) is 18.7. The minimum absolute atomic E-state index is 0.0146. The van der Waals surface area contributed by atoms with Crippen molar-refractivity contribution < 1.29 is 0 Å². The highest BCUT2D eigenvalue weighted by Gasteiger charge is 2.31. The topological polar surface area (TPSA) is 12.0 Å². The summed E-state index contributed by atoms with van der Waals surface area (Å²) in [7, 11) is 0. The molecule has 0 fully saturated rings. The highest BCUT2D eigenvalue weighted by Crippen LogP contribution is 2.33. The summed E-state index contributed by atoms with van der Waals surface area (Å²) >= 11 is 0. The Morgan fingerprint density at radius 3 is 2.19 bits per heavy atom. The summed E-state index contributed by atoms with van der Waals surface area (Å²) in [6.45, 7) is 6.03. The van der Waals surface area contributed by atoms with Crippen LogP contribution in [-0.4, -0.2) is 5.54 Å². The Balaban J connectivity index is 1.53. The summed E-state index contributed by atoms with van der Waals surface area (Å²) in [5.41, 5.74) is 7.80. The van der Waals surface area contributed by atoms with Crippen molar-refractivity contribution in [1.82, 2.24) is 0 Å². The van der Waals surface area contributed by atoms with E-state index in [2.05, 4.69) is 104 Å². The van der Waals surface area contributed by atoms with Crippen molar-refractivity contribution in [2.24, 2.45) is 0 Å². The number of benzene rings is 3. The van der Waals surface area contributed by atoms with E-state index in [1.165, 1.54) is 27.8 Å². The van der Waals surface area contributed by atoms with E-state index in [-0.39, 0.29) is 5.54 Å². The van der Waals surface area contributed by atoms with E-state index in [0.717, 1.165) is 18.5 Å². The maximum Gasteiger partial charge on any atom is 0.0776 e. The lowest BCUT2D eigenvalue weighted by Gasteiger charge is -2.18. The van der Waals surface area contributed by atoms with Crippen LogP contribution in [0, 0.1) is 6.92 Å². The van der Waals surface area contributed by atoms with E-state index >= 15 is 0 Å². The van der Waals surface area contributed by atoms with E-state index in [4.69, 9.17) is 0 Å². The van der Waals surface area contributed by atoms with Crippen LogP contribution in [0.4, 0.5) is 5.69 Å². The maximum absolute atomic E-state index is 3.85. The van der Waals surface area contributed by atoms with Gasteiger partial charge in [-0.05, 0) is 59.7 Å². The van der Waals surface area contributed by atoms with Gasteiger partial charge < -0.3 is 5.32 Å². The Bertz CT molecular complexity index is 973. The first kappa shape index (κ1) is 17.4. The molecule has 3 aromatic carbocycles. The third-order valence-electron chi connectivity index (χ3n) is 5.23. The van der Waals surface area contributed by atoms with Crippen molar-refractivity contribution in [2.45, 2.75) is 25.3 Å². The van der Waals surface area contributed by atoms with Gasteiger partial charge in [-0.1, -0.05) is 78.9 Å². The highest BCUT2D eigenvalue weighted by molar-refractivity contribution is 5.71. The van der Waals surface area contributed by atoms with Crippen molar-refractivity contribution in [3.05, 3.63) is 114 Å². The number of nitrogens with one attached hydrogen (secondary N) is 1. The lowest BCUT2D eigenvalue weighted by Crippen LogP contribution is -2.22. The molecule has 0 aliphatic heterocycles. The fourth-order valence-electron chi connectivity index (χ4n) is 3.62. The minimum Gasteiger partial charge on any atom is -0.372 e. The summed E-state index contributed by atoms with van der Waals surface area (Å²) in [6, 6.07) is 26.1. The standard InChI is InChI=1S/C26H25N/c1-3-16-26(17-18-26)27-23-14-12-21(13-15-23)19-22-9-5-7-11-25(22)24-10-6-4-8-20(24)2/h3-15,17-18,27H,1,16,19H2,2H3. The lowest BCUT2D eigenvalue weighted by atomic mass is 9.92. The molecular formula is C26H25N. The Morgan fingerprint density at radius 2 is 1.52 bits per heavy atom. The summed E-state index contributed by atoms with van der Waals surface area (Å²) in [5.74, 6) is 0. The molecule has 1 N–H and O–H groups in total. The largest absolute Gasteiger partial charge is 0.372 e. The Hall–Kier alpha value is -3.06.